The summed E-state index contributed by atoms with van der Waals surface area (Å²) in [6, 6.07) is 7.90. The molecule has 0 radical (unpaired) electrons. The van der Waals surface area contributed by atoms with Crippen molar-refractivity contribution in [2.24, 2.45) is 0 Å². The standard InChI is InChI=1S/C16H21N5O2S/c1-3-12-6-4-5-7-14(12)18-16-19-15(10-17-20-16)21(2)13-8-9-24(22,23)11-13/h4-7,10,13H,3,8-9,11H2,1-2H3,(H,18,19,20). The van der Waals surface area contributed by atoms with E-state index in [1.54, 1.807) is 6.20 Å². The predicted molar refractivity (Wildman–Crippen MR) is 94.4 cm³/mol. The molecule has 7 nitrogen and oxygen atoms in total. The van der Waals surface area contributed by atoms with E-state index >= 15 is 0 Å². The molecule has 3 rings (SSSR count). The minimum Gasteiger partial charge on any atom is -0.354 e. The normalized spacial score (nSPS) is 19.2. The smallest absolute Gasteiger partial charge is 0.249 e. The zero-order valence-corrected chi connectivity index (χ0v) is 14.6. The zero-order valence-electron chi connectivity index (χ0n) is 13.8. The van der Waals surface area contributed by atoms with Crippen LogP contribution in [0.25, 0.3) is 0 Å². The maximum absolute atomic E-state index is 11.7. The van der Waals surface area contributed by atoms with Crippen LogP contribution in [0.4, 0.5) is 17.5 Å². The van der Waals surface area contributed by atoms with E-state index in [1.807, 2.05) is 30.1 Å². The van der Waals surface area contributed by atoms with E-state index in [1.165, 1.54) is 5.56 Å². The highest BCUT2D eigenvalue weighted by atomic mass is 32.2. The Bertz CT molecular complexity index is 825. The average Bonchev–Trinajstić information content (AvgIpc) is 2.95. The molecular weight excluding hydrogens is 326 g/mol. The molecule has 2 heterocycles. The Hall–Kier alpha value is -2.22. The number of nitrogens with one attached hydrogen (secondary N) is 1. The molecule has 2 aromatic rings. The number of hydrogen-bond donors (Lipinski definition) is 1. The molecule has 24 heavy (non-hydrogen) atoms. The molecule has 1 unspecified atom stereocenters. The summed E-state index contributed by atoms with van der Waals surface area (Å²) in [5, 5.41) is 11.2. The second kappa shape index (κ2) is 6.72. The van der Waals surface area contributed by atoms with Crippen molar-refractivity contribution in [1.29, 1.82) is 0 Å². The summed E-state index contributed by atoms with van der Waals surface area (Å²) in [5.74, 6) is 1.41. The maximum Gasteiger partial charge on any atom is 0.249 e. The second-order valence-electron chi connectivity index (χ2n) is 5.94. The van der Waals surface area contributed by atoms with Gasteiger partial charge in [-0.15, -0.1) is 5.10 Å². The summed E-state index contributed by atoms with van der Waals surface area (Å²) < 4.78 is 23.3. The van der Waals surface area contributed by atoms with Gasteiger partial charge in [0.05, 0.1) is 17.7 Å². The van der Waals surface area contributed by atoms with E-state index in [-0.39, 0.29) is 17.5 Å². The average molecular weight is 347 g/mol. The number of para-hydroxylation sites is 1. The van der Waals surface area contributed by atoms with Crippen LogP contribution >= 0.6 is 0 Å². The van der Waals surface area contributed by atoms with Crippen molar-refractivity contribution in [2.45, 2.75) is 25.8 Å². The Morgan fingerprint density at radius 3 is 2.83 bits per heavy atom. The van der Waals surface area contributed by atoms with Gasteiger partial charge in [-0.1, -0.05) is 25.1 Å². The highest BCUT2D eigenvalue weighted by Crippen LogP contribution is 2.23. The van der Waals surface area contributed by atoms with E-state index in [0.717, 1.165) is 12.1 Å². The van der Waals surface area contributed by atoms with Crippen LogP contribution in [0.3, 0.4) is 0 Å². The van der Waals surface area contributed by atoms with Crippen LogP contribution in [-0.2, 0) is 16.3 Å². The first-order chi connectivity index (χ1) is 11.5. The monoisotopic (exact) mass is 347 g/mol. The van der Waals surface area contributed by atoms with Gasteiger partial charge in [-0.3, -0.25) is 0 Å². The first kappa shape index (κ1) is 16.6. The molecule has 0 aliphatic carbocycles. The topological polar surface area (TPSA) is 88.1 Å². The quantitative estimate of drug-likeness (QED) is 0.882. The van der Waals surface area contributed by atoms with Crippen LogP contribution in [0.2, 0.25) is 0 Å². The molecular formula is C16H21N5O2S. The van der Waals surface area contributed by atoms with Crippen LogP contribution < -0.4 is 10.2 Å². The Morgan fingerprint density at radius 2 is 2.12 bits per heavy atom. The van der Waals surface area contributed by atoms with Gasteiger partial charge in [0.2, 0.25) is 5.95 Å². The van der Waals surface area contributed by atoms with Crippen molar-refractivity contribution in [3.05, 3.63) is 36.0 Å². The predicted octanol–water partition coefficient (Wildman–Crippen LogP) is 1.80. The Kier molecular flexibility index (Phi) is 4.66. The third-order valence-corrected chi connectivity index (χ3v) is 6.06. The molecule has 1 aliphatic rings. The van der Waals surface area contributed by atoms with Crippen LogP contribution in [0.5, 0.6) is 0 Å². The molecule has 128 valence electrons. The minimum atomic E-state index is -2.94. The SMILES string of the molecule is CCc1ccccc1Nc1nncc(N(C)C2CCS(=O)(=O)C2)n1. The van der Waals surface area contributed by atoms with Gasteiger partial charge >= 0.3 is 0 Å². The van der Waals surface area contributed by atoms with Gasteiger partial charge in [0.1, 0.15) is 0 Å². The second-order valence-corrected chi connectivity index (χ2v) is 8.17. The Labute approximate surface area is 142 Å². The molecule has 0 amide bonds. The van der Waals surface area contributed by atoms with Crippen molar-refractivity contribution in [3.8, 4) is 0 Å². The molecule has 1 saturated heterocycles. The van der Waals surface area contributed by atoms with E-state index in [2.05, 4.69) is 33.5 Å². The molecule has 1 N–H and O–H groups in total. The fraction of sp³-hybridized carbons (Fsp3) is 0.438. The lowest BCUT2D eigenvalue weighted by atomic mass is 10.1. The van der Waals surface area contributed by atoms with E-state index in [9.17, 15) is 8.42 Å². The molecule has 1 aromatic carbocycles. The molecule has 0 spiro atoms. The third-order valence-electron chi connectivity index (χ3n) is 4.31. The van der Waals surface area contributed by atoms with Gasteiger partial charge in [0, 0.05) is 18.8 Å². The van der Waals surface area contributed by atoms with Crippen molar-refractivity contribution in [2.75, 3.05) is 28.8 Å². The summed E-state index contributed by atoms with van der Waals surface area (Å²) >= 11 is 0. The third kappa shape index (κ3) is 3.64. The highest BCUT2D eigenvalue weighted by Gasteiger charge is 2.31. The molecule has 0 bridgehead atoms. The number of rotatable bonds is 5. The summed E-state index contributed by atoms with van der Waals surface area (Å²) in [4.78, 5) is 6.35. The summed E-state index contributed by atoms with van der Waals surface area (Å²) in [6.45, 7) is 2.09. The lowest BCUT2D eigenvalue weighted by molar-refractivity contribution is 0.600. The maximum atomic E-state index is 11.7. The summed E-state index contributed by atoms with van der Waals surface area (Å²) in [7, 11) is -1.09. The molecule has 1 atom stereocenters. The lowest BCUT2D eigenvalue weighted by Crippen LogP contribution is -2.33. The number of anilines is 3. The van der Waals surface area contributed by atoms with E-state index in [0.29, 0.717) is 18.2 Å². The van der Waals surface area contributed by atoms with Crippen molar-refractivity contribution >= 4 is 27.3 Å². The van der Waals surface area contributed by atoms with E-state index in [4.69, 9.17) is 0 Å². The van der Waals surface area contributed by atoms with Gasteiger partial charge in [0.25, 0.3) is 0 Å². The minimum absolute atomic E-state index is 0.0671. The molecule has 1 aliphatic heterocycles. The first-order valence-electron chi connectivity index (χ1n) is 7.96. The number of nitrogens with zero attached hydrogens (tertiary/aromatic N) is 4. The largest absolute Gasteiger partial charge is 0.354 e. The highest BCUT2D eigenvalue weighted by molar-refractivity contribution is 7.91. The lowest BCUT2D eigenvalue weighted by Gasteiger charge is -2.24. The van der Waals surface area contributed by atoms with Crippen molar-refractivity contribution < 1.29 is 8.42 Å². The number of aryl methyl sites for hydroxylation is 1. The van der Waals surface area contributed by atoms with E-state index < -0.39 is 9.84 Å². The number of sulfone groups is 1. The number of hydrogen-bond acceptors (Lipinski definition) is 7. The van der Waals surface area contributed by atoms with Crippen LogP contribution in [0.1, 0.15) is 18.9 Å². The van der Waals surface area contributed by atoms with Crippen molar-refractivity contribution in [3.63, 3.8) is 0 Å². The summed E-state index contributed by atoms with van der Waals surface area (Å²) in [6.07, 6.45) is 3.07. The van der Waals surface area contributed by atoms with Crippen LogP contribution in [-0.4, -0.2) is 48.2 Å². The molecule has 1 fully saturated rings. The number of benzene rings is 1. The fourth-order valence-corrected chi connectivity index (χ4v) is 4.63. The van der Waals surface area contributed by atoms with Gasteiger partial charge in [-0.2, -0.15) is 10.1 Å². The zero-order chi connectivity index (χ0) is 17.2. The van der Waals surface area contributed by atoms with Crippen LogP contribution in [0, 0.1) is 0 Å². The van der Waals surface area contributed by atoms with Crippen molar-refractivity contribution in [1.82, 2.24) is 15.2 Å². The first-order valence-corrected chi connectivity index (χ1v) is 9.78. The van der Waals surface area contributed by atoms with Gasteiger partial charge < -0.3 is 10.2 Å². The van der Waals surface area contributed by atoms with Gasteiger partial charge in [0.15, 0.2) is 15.7 Å². The van der Waals surface area contributed by atoms with Crippen LogP contribution in [0.15, 0.2) is 30.5 Å². The molecule has 8 heteroatoms. The Balaban J connectivity index is 1.79. The number of aromatic nitrogens is 3. The molecule has 0 saturated carbocycles. The molecule has 1 aromatic heterocycles. The van der Waals surface area contributed by atoms with Gasteiger partial charge in [-0.25, -0.2) is 8.42 Å². The fourth-order valence-electron chi connectivity index (χ4n) is 2.86. The Morgan fingerprint density at radius 1 is 1.33 bits per heavy atom. The van der Waals surface area contributed by atoms with Gasteiger partial charge in [-0.05, 0) is 24.5 Å². The summed E-state index contributed by atoms with van der Waals surface area (Å²) in [5.41, 5.74) is 2.12.